The van der Waals surface area contributed by atoms with E-state index in [9.17, 15) is 8.78 Å². The molecule has 1 saturated carbocycles. The average molecular weight is 211 g/mol. The molecule has 1 fully saturated rings. The lowest BCUT2D eigenvalue weighted by atomic mass is 10.1. The fourth-order valence-corrected chi connectivity index (χ4v) is 1.69. The molecule has 1 aliphatic carbocycles. The van der Waals surface area contributed by atoms with Crippen molar-refractivity contribution in [2.45, 2.75) is 25.8 Å². The maximum Gasteiger partial charge on any atom is 0.130 e. The van der Waals surface area contributed by atoms with Gasteiger partial charge in [-0.1, -0.05) is 6.07 Å². The third-order valence-corrected chi connectivity index (χ3v) is 2.84. The van der Waals surface area contributed by atoms with Gasteiger partial charge in [0.15, 0.2) is 0 Å². The Bertz CT molecular complexity index is 327. The van der Waals surface area contributed by atoms with Crippen molar-refractivity contribution in [1.29, 1.82) is 0 Å². The fraction of sp³-hybridized carbons (Fsp3) is 0.500. The second-order valence-corrected chi connectivity index (χ2v) is 4.21. The highest BCUT2D eigenvalue weighted by Gasteiger charge is 2.23. The Morgan fingerprint density at radius 2 is 1.93 bits per heavy atom. The maximum absolute atomic E-state index is 13.4. The number of nitrogens with one attached hydrogen (secondary N) is 1. The van der Waals surface area contributed by atoms with Gasteiger partial charge in [-0.15, -0.1) is 0 Å². The molecular formula is C12H15F2N. The standard InChI is InChI=1S/C12H15F2N/c1-8(15-7-9-5-6-9)12-10(13)3-2-4-11(12)14/h2-4,8-9,15H,5-7H2,1H3. The predicted octanol–water partition coefficient (Wildman–Crippen LogP) is 3.03. The van der Waals surface area contributed by atoms with Crippen LogP contribution in [0.4, 0.5) is 8.78 Å². The number of halogens is 2. The molecule has 0 aliphatic heterocycles. The van der Waals surface area contributed by atoms with Crippen LogP contribution >= 0.6 is 0 Å². The summed E-state index contributed by atoms with van der Waals surface area (Å²) in [5, 5.41) is 3.16. The van der Waals surface area contributed by atoms with E-state index in [0.29, 0.717) is 5.92 Å². The van der Waals surface area contributed by atoms with E-state index in [2.05, 4.69) is 5.32 Å². The quantitative estimate of drug-likeness (QED) is 0.807. The van der Waals surface area contributed by atoms with E-state index in [1.54, 1.807) is 6.92 Å². The molecule has 0 aromatic heterocycles. The largest absolute Gasteiger partial charge is 0.310 e. The molecule has 2 rings (SSSR count). The SMILES string of the molecule is CC(NCC1CC1)c1c(F)cccc1F. The van der Waals surface area contributed by atoms with Gasteiger partial charge in [0.25, 0.3) is 0 Å². The first-order chi connectivity index (χ1) is 7.18. The average Bonchev–Trinajstić information content (AvgIpc) is 2.97. The predicted molar refractivity (Wildman–Crippen MR) is 55.5 cm³/mol. The first-order valence-corrected chi connectivity index (χ1v) is 5.35. The monoisotopic (exact) mass is 211 g/mol. The minimum absolute atomic E-state index is 0.151. The van der Waals surface area contributed by atoms with Gasteiger partial charge in [0, 0.05) is 11.6 Å². The lowest BCUT2D eigenvalue weighted by Gasteiger charge is -2.15. The Morgan fingerprint density at radius 3 is 2.47 bits per heavy atom. The third-order valence-electron chi connectivity index (χ3n) is 2.84. The lowest BCUT2D eigenvalue weighted by molar-refractivity contribution is 0.480. The minimum Gasteiger partial charge on any atom is -0.310 e. The van der Waals surface area contributed by atoms with E-state index in [1.165, 1.54) is 31.0 Å². The van der Waals surface area contributed by atoms with Crippen LogP contribution in [-0.4, -0.2) is 6.54 Å². The van der Waals surface area contributed by atoms with Gasteiger partial charge in [-0.3, -0.25) is 0 Å². The summed E-state index contributed by atoms with van der Waals surface area (Å²) in [6.07, 6.45) is 2.47. The summed E-state index contributed by atoms with van der Waals surface area (Å²) in [5.74, 6) is -0.223. The smallest absolute Gasteiger partial charge is 0.130 e. The Labute approximate surface area is 88.5 Å². The Morgan fingerprint density at radius 1 is 1.33 bits per heavy atom. The molecule has 0 spiro atoms. The number of hydrogen-bond acceptors (Lipinski definition) is 1. The molecule has 1 atom stereocenters. The molecule has 1 nitrogen and oxygen atoms in total. The maximum atomic E-state index is 13.4. The summed E-state index contributed by atoms with van der Waals surface area (Å²) in [7, 11) is 0. The highest BCUT2D eigenvalue weighted by Crippen LogP contribution is 2.29. The second kappa shape index (κ2) is 4.27. The van der Waals surface area contributed by atoms with Crippen molar-refractivity contribution in [2.24, 2.45) is 5.92 Å². The summed E-state index contributed by atoms with van der Waals surface area (Å²) < 4.78 is 26.7. The zero-order chi connectivity index (χ0) is 10.8. The molecule has 3 heteroatoms. The molecule has 1 aliphatic rings. The number of rotatable bonds is 4. The Balaban J connectivity index is 2.05. The van der Waals surface area contributed by atoms with E-state index >= 15 is 0 Å². The summed E-state index contributed by atoms with van der Waals surface area (Å²) in [6.45, 7) is 2.65. The van der Waals surface area contributed by atoms with Crippen molar-refractivity contribution in [2.75, 3.05) is 6.54 Å². The van der Waals surface area contributed by atoms with Crippen molar-refractivity contribution in [3.05, 3.63) is 35.4 Å². The second-order valence-electron chi connectivity index (χ2n) is 4.21. The topological polar surface area (TPSA) is 12.0 Å². The van der Waals surface area contributed by atoms with Gasteiger partial charge in [-0.2, -0.15) is 0 Å². The molecule has 82 valence electrons. The molecular weight excluding hydrogens is 196 g/mol. The van der Waals surface area contributed by atoms with Crippen LogP contribution in [0.3, 0.4) is 0 Å². The van der Waals surface area contributed by atoms with Crippen molar-refractivity contribution in [1.82, 2.24) is 5.32 Å². The molecule has 0 amide bonds. The van der Waals surface area contributed by atoms with Crippen LogP contribution in [0.1, 0.15) is 31.4 Å². The Hall–Kier alpha value is -0.960. The Kier molecular flexibility index (Phi) is 3.00. The molecule has 0 saturated heterocycles. The molecule has 1 N–H and O–H groups in total. The molecule has 0 bridgehead atoms. The van der Waals surface area contributed by atoms with Crippen LogP contribution in [0.25, 0.3) is 0 Å². The zero-order valence-corrected chi connectivity index (χ0v) is 8.76. The van der Waals surface area contributed by atoms with E-state index in [1.807, 2.05) is 0 Å². The van der Waals surface area contributed by atoms with Crippen LogP contribution in [-0.2, 0) is 0 Å². The fourth-order valence-electron chi connectivity index (χ4n) is 1.69. The summed E-state index contributed by atoms with van der Waals surface area (Å²) in [4.78, 5) is 0. The van der Waals surface area contributed by atoms with Gasteiger partial charge in [0.2, 0.25) is 0 Å². The van der Waals surface area contributed by atoms with Crippen LogP contribution < -0.4 is 5.32 Å². The van der Waals surface area contributed by atoms with Crippen LogP contribution in [0, 0.1) is 17.6 Å². The highest BCUT2D eigenvalue weighted by atomic mass is 19.1. The highest BCUT2D eigenvalue weighted by molar-refractivity contribution is 5.22. The minimum atomic E-state index is -0.467. The molecule has 15 heavy (non-hydrogen) atoms. The van der Waals surface area contributed by atoms with E-state index in [4.69, 9.17) is 0 Å². The van der Waals surface area contributed by atoms with Crippen LogP contribution in [0.2, 0.25) is 0 Å². The number of benzene rings is 1. The first kappa shape index (κ1) is 10.6. The molecule has 1 unspecified atom stereocenters. The van der Waals surface area contributed by atoms with Crippen molar-refractivity contribution in [3.8, 4) is 0 Å². The van der Waals surface area contributed by atoms with Crippen LogP contribution in [0.5, 0.6) is 0 Å². The third kappa shape index (κ3) is 2.53. The molecule has 0 radical (unpaired) electrons. The molecule has 1 aromatic rings. The summed E-state index contributed by atoms with van der Waals surface area (Å²) in [6, 6.07) is 3.73. The van der Waals surface area contributed by atoms with Crippen molar-refractivity contribution < 1.29 is 8.78 Å². The normalized spacial score (nSPS) is 17.8. The van der Waals surface area contributed by atoms with E-state index < -0.39 is 11.6 Å². The van der Waals surface area contributed by atoms with Gasteiger partial charge in [-0.05, 0) is 44.4 Å². The van der Waals surface area contributed by atoms with Crippen molar-refractivity contribution in [3.63, 3.8) is 0 Å². The summed E-state index contributed by atoms with van der Waals surface area (Å²) >= 11 is 0. The van der Waals surface area contributed by atoms with E-state index in [-0.39, 0.29) is 11.6 Å². The summed E-state index contributed by atoms with van der Waals surface area (Å²) in [5.41, 5.74) is 0.151. The van der Waals surface area contributed by atoms with Crippen LogP contribution in [0.15, 0.2) is 18.2 Å². The molecule has 1 aromatic carbocycles. The first-order valence-electron chi connectivity index (χ1n) is 5.35. The zero-order valence-electron chi connectivity index (χ0n) is 8.76. The van der Waals surface area contributed by atoms with Gasteiger partial charge < -0.3 is 5.32 Å². The molecule has 0 heterocycles. The van der Waals surface area contributed by atoms with Gasteiger partial charge >= 0.3 is 0 Å². The van der Waals surface area contributed by atoms with Gasteiger partial charge in [0.05, 0.1) is 0 Å². The van der Waals surface area contributed by atoms with Crippen molar-refractivity contribution >= 4 is 0 Å². The van der Waals surface area contributed by atoms with Gasteiger partial charge in [0.1, 0.15) is 11.6 Å². The number of hydrogen-bond donors (Lipinski definition) is 1. The van der Waals surface area contributed by atoms with Gasteiger partial charge in [-0.25, -0.2) is 8.78 Å². The lowest BCUT2D eigenvalue weighted by Crippen LogP contribution is -2.22. The van der Waals surface area contributed by atoms with E-state index in [0.717, 1.165) is 6.54 Å².